The van der Waals surface area contributed by atoms with Crippen molar-refractivity contribution in [3.63, 3.8) is 0 Å². The van der Waals surface area contributed by atoms with Crippen LogP contribution in [-0.2, 0) is 65.5 Å². The highest BCUT2D eigenvalue weighted by atomic mass is 32.2. The normalized spacial score (nSPS) is 18.1. The summed E-state index contributed by atoms with van der Waals surface area (Å²) in [6.45, 7) is 4.10. The van der Waals surface area contributed by atoms with Gasteiger partial charge < -0.3 is 28.4 Å². The molecule has 54 heavy (non-hydrogen) atoms. The fraction of sp³-hybridized carbons (Fsp3) is 0.513. The first-order valence-corrected chi connectivity index (χ1v) is 21.5. The van der Waals surface area contributed by atoms with Gasteiger partial charge in [-0.2, -0.15) is 16.8 Å². The number of esters is 1. The average molecular weight is 793 g/mol. The van der Waals surface area contributed by atoms with Crippen molar-refractivity contribution in [2.75, 3.05) is 39.4 Å². The molecule has 1 saturated heterocycles. The number of carbonyl (C=O) groups excluding carboxylic acids is 1. The summed E-state index contributed by atoms with van der Waals surface area (Å²) in [5.41, 5.74) is 1.95. The van der Waals surface area contributed by atoms with E-state index in [-0.39, 0.29) is 51.4 Å². The van der Waals surface area contributed by atoms with Gasteiger partial charge in [-0.15, -0.1) is 0 Å². The average Bonchev–Trinajstić information content (AvgIpc) is 3.57. The van der Waals surface area contributed by atoms with E-state index in [1.807, 2.05) is 56.3 Å². The second kappa shape index (κ2) is 20.5. The van der Waals surface area contributed by atoms with Crippen LogP contribution in [0.2, 0.25) is 0 Å². The molecule has 1 fully saturated rings. The minimum absolute atomic E-state index is 0.0645. The zero-order valence-electron chi connectivity index (χ0n) is 31.5. The molecule has 0 amide bonds. The quantitative estimate of drug-likeness (QED) is 0.0658. The fourth-order valence-electron chi connectivity index (χ4n) is 6.23. The Hall–Kier alpha value is -3.41. The van der Waals surface area contributed by atoms with Gasteiger partial charge in [0.05, 0.1) is 64.3 Å². The second-order valence-corrected chi connectivity index (χ2v) is 16.4. The summed E-state index contributed by atoms with van der Waals surface area (Å²) < 4.78 is 99.0. The molecule has 0 bridgehead atoms. The van der Waals surface area contributed by atoms with Crippen LogP contribution >= 0.6 is 0 Å². The van der Waals surface area contributed by atoms with Gasteiger partial charge in [-0.25, -0.2) is 4.79 Å². The second-order valence-electron chi connectivity index (χ2n) is 13.2. The van der Waals surface area contributed by atoms with E-state index < -0.39 is 62.3 Å². The van der Waals surface area contributed by atoms with E-state index in [0.717, 1.165) is 23.6 Å². The molecule has 298 valence electrons. The Morgan fingerprint density at radius 1 is 0.796 bits per heavy atom. The third-order valence-corrected chi connectivity index (χ3v) is 10.2. The molecule has 0 saturated carbocycles. The van der Waals surface area contributed by atoms with E-state index in [1.54, 1.807) is 49.6 Å². The number of ether oxygens (including phenoxy) is 6. The van der Waals surface area contributed by atoms with E-state index in [0.29, 0.717) is 18.6 Å². The van der Waals surface area contributed by atoms with E-state index in [1.165, 1.54) is 0 Å². The van der Waals surface area contributed by atoms with Gasteiger partial charge in [0.25, 0.3) is 20.2 Å². The molecule has 3 aromatic rings. The number of hydrogen-bond acceptors (Lipinski definition) is 13. The number of benzene rings is 3. The highest BCUT2D eigenvalue weighted by Crippen LogP contribution is 2.35. The number of hydrogen-bond donors (Lipinski definition) is 0. The van der Waals surface area contributed by atoms with Crippen molar-refractivity contribution in [1.82, 2.24) is 0 Å². The monoisotopic (exact) mass is 792 g/mol. The van der Waals surface area contributed by atoms with Gasteiger partial charge in [0.2, 0.25) is 0 Å². The SMILES string of the molecule is CCC1(CC)OC[C@H](C[C@H](OS(C)(=O)=O)[C@H](OS(C)(=O)=O)[C@@H](COCc2ccc(OC)cc2)[C@H](CCOCc2ccccc2)OC(=O)c2ccccc2)O1. The van der Waals surface area contributed by atoms with E-state index >= 15 is 0 Å². The third kappa shape index (κ3) is 14.0. The van der Waals surface area contributed by atoms with E-state index in [9.17, 15) is 21.6 Å². The van der Waals surface area contributed by atoms with Crippen molar-refractivity contribution in [2.45, 2.75) is 82.9 Å². The molecule has 0 aliphatic carbocycles. The Morgan fingerprint density at radius 2 is 1.39 bits per heavy atom. The lowest BCUT2D eigenvalue weighted by atomic mass is 9.89. The molecule has 0 aromatic heterocycles. The van der Waals surface area contributed by atoms with Crippen molar-refractivity contribution in [2.24, 2.45) is 5.92 Å². The Kier molecular flexibility index (Phi) is 16.4. The van der Waals surface area contributed by atoms with Gasteiger partial charge in [-0.3, -0.25) is 8.37 Å². The summed E-state index contributed by atoms with van der Waals surface area (Å²) in [6.07, 6.45) is -2.06. The van der Waals surface area contributed by atoms with Crippen LogP contribution in [0.5, 0.6) is 5.75 Å². The molecule has 1 heterocycles. The molecule has 0 unspecified atom stereocenters. The molecule has 4 rings (SSSR count). The van der Waals surface area contributed by atoms with Crippen LogP contribution in [-0.4, -0.2) is 92.4 Å². The molecule has 0 N–H and O–H groups in total. The highest BCUT2D eigenvalue weighted by Gasteiger charge is 2.46. The molecule has 13 nitrogen and oxygen atoms in total. The summed E-state index contributed by atoms with van der Waals surface area (Å²) >= 11 is 0. The van der Waals surface area contributed by atoms with Crippen LogP contribution in [0.3, 0.4) is 0 Å². The minimum Gasteiger partial charge on any atom is -0.497 e. The van der Waals surface area contributed by atoms with Crippen LogP contribution in [0.25, 0.3) is 0 Å². The molecule has 3 aromatic carbocycles. The van der Waals surface area contributed by atoms with Crippen LogP contribution in [0.15, 0.2) is 84.9 Å². The Labute approximate surface area is 319 Å². The molecule has 5 atom stereocenters. The van der Waals surface area contributed by atoms with E-state index in [2.05, 4.69) is 0 Å². The maximum atomic E-state index is 13.7. The summed E-state index contributed by atoms with van der Waals surface area (Å²) in [4.78, 5) is 13.7. The molecule has 15 heteroatoms. The first-order chi connectivity index (χ1) is 25.7. The third-order valence-electron chi connectivity index (χ3n) is 9.00. The minimum atomic E-state index is -4.28. The van der Waals surface area contributed by atoms with Gasteiger partial charge in [0.1, 0.15) is 24.1 Å². The fourth-order valence-corrected chi connectivity index (χ4v) is 7.54. The summed E-state index contributed by atoms with van der Waals surface area (Å²) in [5, 5.41) is 0. The number of rotatable bonds is 23. The van der Waals surface area contributed by atoms with Gasteiger partial charge in [-0.1, -0.05) is 74.5 Å². The zero-order chi connectivity index (χ0) is 39.2. The Bertz CT molecular complexity index is 1780. The first kappa shape index (κ1) is 43.3. The highest BCUT2D eigenvalue weighted by molar-refractivity contribution is 7.86. The number of carbonyl (C=O) groups is 1. The molecule has 0 spiro atoms. The van der Waals surface area contributed by atoms with Crippen molar-refractivity contribution >= 4 is 26.2 Å². The van der Waals surface area contributed by atoms with Gasteiger partial charge in [-0.05, 0) is 48.2 Å². The van der Waals surface area contributed by atoms with Crippen LogP contribution in [0, 0.1) is 5.92 Å². The molecular formula is C39H52O13S2. The maximum absolute atomic E-state index is 13.7. The van der Waals surface area contributed by atoms with Crippen molar-refractivity contribution in [3.05, 3.63) is 102 Å². The molecule has 1 aliphatic heterocycles. The molecule has 0 radical (unpaired) electrons. The van der Waals surface area contributed by atoms with Crippen LogP contribution in [0.4, 0.5) is 0 Å². The van der Waals surface area contributed by atoms with Crippen molar-refractivity contribution in [1.29, 1.82) is 0 Å². The summed E-state index contributed by atoms with van der Waals surface area (Å²) in [5.74, 6) is -2.04. The zero-order valence-corrected chi connectivity index (χ0v) is 33.1. The smallest absolute Gasteiger partial charge is 0.338 e. The molecular weight excluding hydrogens is 741 g/mol. The maximum Gasteiger partial charge on any atom is 0.338 e. The first-order valence-electron chi connectivity index (χ1n) is 17.9. The Balaban J connectivity index is 1.74. The standard InChI is InChI=1S/C39H52O13S2/c1-6-39(7-2)48-27-33(50-39)24-36(51-53(4,41)42)37(52-54(5,43)44)34(28-47-26-30-18-20-32(45-3)21-19-30)35(49-38(40)31-16-12-9-13-17-31)22-23-46-25-29-14-10-8-11-15-29/h8-21,33-37H,6-7,22-28H2,1-5H3/t33-,34-,35-,36-,37+/m0/s1. The van der Waals surface area contributed by atoms with Gasteiger partial charge in [0.15, 0.2) is 5.79 Å². The van der Waals surface area contributed by atoms with E-state index in [4.69, 9.17) is 36.8 Å². The van der Waals surface area contributed by atoms with Gasteiger partial charge in [0, 0.05) is 18.8 Å². The topological polar surface area (TPSA) is 159 Å². The largest absolute Gasteiger partial charge is 0.497 e. The van der Waals surface area contributed by atoms with Gasteiger partial charge >= 0.3 is 5.97 Å². The van der Waals surface area contributed by atoms with Crippen molar-refractivity contribution < 1.29 is 58.4 Å². The van der Waals surface area contributed by atoms with Crippen LogP contribution < -0.4 is 4.74 Å². The Morgan fingerprint density at radius 3 is 1.96 bits per heavy atom. The predicted octanol–water partition coefficient (Wildman–Crippen LogP) is 5.67. The van der Waals surface area contributed by atoms with Crippen LogP contribution in [0.1, 0.15) is 61.0 Å². The predicted molar refractivity (Wildman–Crippen MR) is 201 cm³/mol. The molecule has 1 aliphatic rings. The lowest BCUT2D eigenvalue weighted by Gasteiger charge is -2.37. The number of methoxy groups -OCH3 is 1. The lowest BCUT2D eigenvalue weighted by molar-refractivity contribution is -0.175. The summed E-state index contributed by atoms with van der Waals surface area (Å²) in [6, 6.07) is 24.9. The summed E-state index contributed by atoms with van der Waals surface area (Å²) in [7, 11) is -6.94. The lowest BCUT2D eigenvalue weighted by Crippen LogP contribution is -2.49. The van der Waals surface area contributed by atoms with Crippen molar-refractivity contribution in [3.8, 4) is 5.75 Å².